The van der Waals surface area contributed by atoms with Crippen LogP contribution in [-0.2, 0) is 12.0 Å². The molecular formula is C38H28N4+2. The molecule has 0 amide bonds. The molecule has 2 aliphatic heterocycles. The van der Waals surface area contributed by atoms with E-state index in [1.807, 2.05) is 12.1 Å². The molecule has 1 spiro atoms. The van der Waals surface area contributed by atoms with Crippen LogP contribution in [0.3, 0.4) is 0 Å². The Hall–Kier alpha value is -5.32. The SMILES string of the molecule is Cc1c[n+]2c(cc1-c1ccccc1)-c1cc(C#N)cc(C#N)c1C/C=C/C21CC2C1c1ccccc1-c1cccc[n+]12. The average Bonchev–Trinajstić information content (AvgIpc) is 3.02. The summed E-state index contributed by atoms with van der Waals surface area (Å²) in [4.78, 5) is 0. The Morgan fingerprint density at radius 1 is 0.810 bits per heavy atom. The van der Waals surface area contributed by atoms with Gasteiger partial charge in [0.15, 0.2) is 18.4 Å². The third kappa shape index (κ3) is 3.33. The Labute approximate surface area is 245 Å². The van der Waals surface area contributed by atoms with Crippen molar-refractivity contribution in [1.82, 2.24) is 0 Å². The molecule has 4 heteroatoms. The van der Waals surface area contributed by atoms with Crippen molar-refractivity contribution in [3.63, 3.8) is 0 Å². The molecule has 3 aliphatic rings. The number of nitrogens with zero attached hydrogens (tertiary/aromatic N) is 4. The predicted octanol–water partition coefficient (Wildman–Crippen LogP) is 6.86. The van der Waals surface area contributed by atoms with Gasteiger partial charge in [-0.15, -0.1) is 0 Å². The summed E-state index contributed by atoms with van der Waals surface area (Å²) in [6.07, 6.45) is 10.8. The maximum atomic E-state index is 10.1. The average molecular weight is 541 g/mol. The van der Waals surface area contributed by atoms with Gasteiger partial charge in [-0.3, -0.25) is 0 Å². The fourth-order valence-corrected chi connectivity index (χ4v) is 7.76. The van der Waals surface area contributed by atoms with Crippen LogP contribution in [-0.4, -0.2) is 0 Å². The van der Waals surface area contributed by atoms with Gasteiger partial charge in [0, 0.05) is 23.8 Å². The minimum atomic E-state index is -0.302. The lowest BCUT2D eigenvalue weighted by atomic mass is 9.56. The van der Waals surface area contributed by atoms with E-state index in [2.05, 4.69) is 126 Å². The van der Waals surface area contributed by atoms with Crippen LogP contribution < -0.4 is 9.13 Å². The molecule has 0 N–H and O–H groups in total. The monoisotopic (exact) mass is 540 g/mol. The van der Waals surface area contributed by atoms with Crippen molar-refractivity contribution in [2.75, 3.05) is 0 Å². The highest BCUT2D eigenvalue weighted by atomic mass is 15.2. The lowest BCUT2D eigenvalue weighted by Gasteiger charge is -2.49. The molecule has 1 aliphatic carbocycles. The van der Waals surface area contributed by atoms with Gasteiger partial charge in [-0.2, -0.15) is 19.7 Å². The van der Waals surface area contributed by atoms with Crippen molar-refractivity contribution in [3.8, 4) is 45.8 Å². The van der Waals surface area contributed by atoms with E-state index in [9.17, 15) is 10.5 Å². The van der Waals surface area contributed by atoms with Crippen LogP contribution in [0.4, 0.5) is 0 Å². The molecule has 42 heavy (non-hydrogen) atoms. The molecule has 4 nitrogen and oxygen atoms in total. The second-order valence-electron chi connectivity index (χ2n) is 11.7. The van der Waals surface area contributed by atoms with E-state index in [1.165, 1.54) is 22.4 Å². The van der Waals surface area contributed by atoms with Crippen LogP contribution in [0.2, 0.25) is 0 Å². The summed E-state index contributed by atoms with van der Waals surface area (Å²) in [6, 6.07) is 36.8. The van der Waals surface area contributed by atoms with Crippen LogP contribution in [0.1, 0.15) is 46.2 Å². The second kappa shape index (κ2) is 9.10. The Morgan fingerprint density at radius 3 is 2.45 bits per heavy atom. The number of benzene rings is 3. The minimum Gasteiger partial charge on any atom is -0.194 e. The highest BCUT2D eigenvalue weighted by Crippen LogP contribution is 2.59. The number of pyridine rings is 2. The first-order valence-corrected chi connectivity index (χ1v) is 14.5. The summed E-state index contributed by atoms with van der Waals surface area (Å²) in [5, 5.41) is 20.1. The van der Waals surface area contributed by atoms with Gasteiger partial charge in [0.1, 0.15) is 5.92 Å². The number of rotatable bonds is 1. The molecule has 0 saturated heterocycles. The number of nitriles is 2. The number of hydrogen-bond acceptors (Lipinski definition) is 2. The minimum absolute atomic E-state index is 0.228. The quantitative estimate of drug-likeness (QED) is 0.172. The highest BCUT2D eigenvalue weighted by molar-refractivity contribution is 5.75. The molecule has 4 heterocycles. The van der Waals surface area contributed by atoms with E-state index in [0.29, 0.717) is 23.6 Å². The van der Waals surface area contributed by atoms with Crippen LogP contribution in [0.25, 0.3) is 33.6 Å². The molecule has 0 bridgehead atoms. The van der Waals surface area contributed by atoms with E-state index in [0.717, 1.165) is 34.4 Å². The molecule has 3 aromatic carbocycles. The zero-order valence-corrected chi connectivity index (χ0v) is 23.3. The summed E-state index contributed by atoms with van der Waals surface area (Å²) in [5.41, 5.74) is 11.2. The lowest BCUT2D eigenvalue weighted by molar-refractivity contribution is -0.816. The number of allylic oxidation sites excluding steroid dienone is 2. The topological polar surface area (TPSA) is 55.3 Å². The van der Waals surface area contributed by atoms with E-state index in [4.69, 9.17) is 0 Å². The van der Waals surface area contributed by atoms with E-state index < -0.39 is 0 Å². The zero-order chi connectivity index (χ0) is 28.4. The highest BCUT2D eigenvalue weighted by Gasteiger charge is 2.68. The number of hydrogen-bond donors (Lipinski definition) is 0. The van der Waals surface area contributed by atoms with Crippen molar-refractivity contribution in [2.45, 2.75) is 37.3 Å². The van der Waals surface area contributed by atoms with Crippen LogP contribution in [0, 0.1) is 29.6 Å². The Bertz CT molecular complexity index is 2040. The molecule has 3 atom stereocenters. The molecule has 1 saturated carbocycles. The summed E-state index contributed by atoms with van der Waals surface area (Å²) < 4.78 is 4.93. The standard InChI is InChI=1S/C38H28N4/c1-25-24-42-35(20-32(25)27-10-3-2-4-11-27)33-19-26(22-39)18-28(23-40)29(33)14-9-16-38(42)21-36-37(38)31-13-6-5-12-30(31)34-15-7-8-17-41(34)36/h2-13,15-20,24,36-37H,14,21H2,1H3/q+2/b16-9+. The first-order valence-electron chi connectivity index (χ1n) is 14.5. The fraction of sp³-hybridized carbons (Fsp3) is 0.158. The largest absolute Gasteiger partial charge is 0.214 e. The van der Waals surface area contributed by atoms with Gasteiger partial charge in [0.25, 0.3) is 0 Å². The van der Waals surface area contributed by atoms with Gasteiger partial charge >= 0.3 is 0 Å². The Kier molecular flexibility index (Phi) is 5.30. The summed E-state index contributed by atoms with van der Waals surface area (Å²) in [5.74, 6) is 0.228. The normalized spacial score (nSPS) is 21.5. The fourth-order valence-electron chi connectivity index (χ4n) is 7.76. The summed E-state index contributed by atoms with van der Waals surface area (Å²) in [6.45, 7) is 2.19. The zero-order valence-electron chi connectivity index (χ0n) is 23.3. The third-order valence-corrected chi connectivity index (χ3v) is 9.60. The van der Waals surface area contributed by atoms with Gasteiger partial charge in [-0.1, -0.05) is 54.6 Å². The number of aryl methyl sites for hydroxylation is 1. The van der Waals surface area contributed by atoms with Gasteiger partial charge < -0.3 is 0 Å². The van der Waals surface area contributed by atoms with Gasteiger partial charge in [0.2, 0.25) is 16.9 Å². The smallest absolute Gasteiger partial charge is 0.194 e. The molecule has 2 aromatic heterocycles. The van der Waals surface area contributed by atoms with Crippen molar-refractivity contribution in [2.24, 2.45) is 0 Å². The molecule has 8 rings (SSSR count). The maximum Gasteiger partial charge on any atom is 0.214 e. The van der Waals surface area contributed by atoms with E-state index >= 15 is 0 Å². The summed E-state index contributed by atoms with van der Waals surface area (Å²) >= 11 is 0. The van der Waals surface area contributed by atoms with Gasteiger partial charge in [0.05, 0.1) is 40.8 Å². The first-order chi connectivity index (χ1) is 20.6. The molecule has 1 fully saturated rings. The third-order valence-electron chi connectivity index (χ3n) is 9.60. The van der Waals surface area contributed by atoms with Crippen molar-refractivity contribution < 1.29 is 9.13 Å². The predicted molar refractivity (Wildman–Crippen MR) is 161 cm³/mol. The Morgan fingerprint density at radius 2 is 1.62 bits per heavy atom. The maximum absolute atomic E-state index is 10.1. The molecule has 3 unspecified atom stereocenters. The first kappa shape index (κ1) is 24.5. The van der Waals surface area contributed by atoms with E-state index in [1.54, 1.807) is 6.07 Å². The summed E-state index contributed by atoms with van der Waals surface area (Å²) in [7, 11) is 0. The number of fused-ring (bicyclic) bond motifs is 11. The molecule has 5 aromatic rings. The molecule has 198 valence electrons. The van der Waals surface area contributed by atoms with E-state index in [-0.39, 0.29) is 11.5 Å². The molecule has 0 radical (unpaired) electrons. The van der Waals surface area contributed by atoms with Crippen molar-refractivity contribution in [3.05, 3.63) is 143 Å². The lowest BCUT2D eigenvalue weighted by Crippen LogP contribution is -2.73. The van der Waals surface area contributed by atoms with Crippen LogP contribution >= 0.6 is 0 Å². The van der Waals surface area contributed by atoms with Crippen LogP contribution in [0.15, 0.2) is 116 Å². The van der Waals surface area contributed by atoms with Crippen LogP contribution in [0.5, 0.6) is 0 Å². The van der Waals surface area contributed by atoms with Crippen molar-refractivity contribution in [1.29, 1.82) is 10.5 Å². The molecular weight excluding hydrogens is 512 g/mol. The second-order valence-corrected chi connectivity index (χ2v) is 11.7. The van der Waals surface area contributed by atoms with Gasteiger partial charge in [-0.25, -0.2) is 0 Å². The number of aromatic nitrogens is 2. The van der Waals surface area contributed by atoms with Gasteiger partial charge in [-0.05, 0) is 65.9 Å². The Balaban J connectivity index is 1.43. The van der Waals surface area contributed by atoms with Crippen molar-refractivity contribution >= 4 is 0 Å².